The third-order valence-electron chi connectivity index (χ3n) is 12.5. The fourth-order valence-corrected chi connectivity index (χ4v) is 8.04. The molecule has 0 rings (SSSR count). The first kappa shape index (κ1) is 68.1. The average molecular weight is 1000 g/mol. The van der Waals surface area contributed by atoms with Gasteiger partial charge in [-0.2, -0.15) is 0 Å². The molecule has 0 radical (unpaired) electrons. The molecule has 0 spiro atoms. The summed E-state index contributed by atoms with van der Waals surface area (Å²) in [5.41, 5.74) is 0. The third-order valence-corrected chi connectivity index (χ3v) is 12.5. The summed E-state index contributed by atoms with van der Waals surface area (Å²) in [5, 5.41) is 0. The Balaban J connectivity index is 4.54. The van der Waals surface area contributed by atoms with Crippen molar-refractivity contribution < 1.29 is 28.6 Å². The monoisotopic (exact) mass is 999 g/mol. The van der Waals surface area contributed by atoms with Crippen LogP contribution in [0, 0.1) is 0 Å². The highest BCUT2D eigenvalue weighted by molar-refractivity contribution is 5.71. The van der Waals surface area contributed by atoms with Gasteiger partial charge in [0.1, 0.15) is 13.2 Å². The summed E-state index contributed by atoms with van der Waals surface area (Å²) in [7, 11) is 0. The number of carbonyl (C=O) groups excluding carboxylic acids is 3. The molecule has 0 bridgehead atoms. The molecule has 0 saturated carbocycles. The van der Waals surface area contributed by atoms with Gasteiger partial charge >= 0.3 is 17.9 Å². The highest BCUT2D eigenvalue weighted by atomic mass is 16.6. The van der Waals surface area contributed by atoms with E-state index >= 15 is 0 Å². The van der Waals surface area contributed by atoms with Gasteiger partial charge in [-0.1, -0.05) is 252 Å². The fraction of sp³-hybridized carbons (Fsp3) is 0.682. The van der Waals surface area contributed by atoms with Gasteiger partial charge in [-0.3, -0.25) is 14.4 Å². The van der Waals surface area contributed by atoms with Crippen LogP contribution >= 0.6 is 0 Å². The molecule has 6 nitrogen and oxygen atoms in total. The number of rotatable bonds is 53. The van der Waals surface area contributed by atoms with Crippen LogP contribution in [0.4, 0.5) is 0 Å². The summed E-state index contributed by atoms with van der Waals surface area (Å²) in [5.74, 6) is -1.03. The second kappa shape index (κ2) is 59.6. The summed E-state index contributed by atoms with van der Waals surface area (Å²) in [4.78, 5) is 38.2. The molecule has 410 valence electrons. The van der Waals surface area contributed by atoms with Crippen molar-refractivity contribution >= 4 is 17.9 Å². The maximum Gasteiger partial charge on any atom is 0.306 e. The van der Waals surface area contributed by atoms with E-state index in [-0.39, 0.29) is 37.5 Å². The van der Waals surface area contributed by atoms with Crippen molar-refractivity contribution in [2.75, 3.05) is 13.2 Å². The number of ether oxygens (including phenoxy) is 3. The Bertz CT molecular complexity index is 1470. The van der Waals surface area contributed by atoms with Crippen LogP contribution in [0.2, 0.25) is 0 Å². The van der Waals surface area contributed by atoms with Crippen LogP contribution in [-0.4, -0.2) is 37.2 Å². The molecule has 0 amide bonds. The Hall–Kier alpha value is -3.93. The number of esters is 3. The van der Waals surface area contributed by atoms with Crippen LogP contribution in [0.25, 0.3) is 0 Å². The predicted octanol–water partition coefficient (Wildman–Crippen LogP) is 20.3. The van der Waals surface area contributed by atoms with Gasteiger partial charge in [-0.15, -0.1) is 0 Å². The molecule has 0 saturated heterocycles. The van der Waals surface area contributed by atoms with E-state index in [0.29, 0.717) is 19.3 Å². The lowest BCUT2D eigenvalue weighted by Crippen LogP contribution is -2.30. The normalized spacial score (nSPS) is 12.9. The van der Waals surface area contributed by atoms with E-state index < -0.39 is 6.10 Å². The maximum atomic E-state index is 12.9. The Morgan fingerprint density at radius 3 is 1.03 bits per heavy atom. The zero-order valence-corrected chi connectivity index (χ0v) is 46.9. The van der Waals surface area contributed by atoms with Gasteiger partial charge in [0.2, 0.25) is 0 Å². The number of carbonyl (C=O) groups is 3. The Morgan fingerprint density at radius 2 is 0.611 bits per heavy atom. The maximum absolute atomic E-state index is 12.9. The van der Waals surface area contributed by atoms with E-state index in [2.05, 4.69) is 124 Å². The highest BCUT2D eigenvalue weighted by Crippen LogP contribution is 2.14. The van der Waals surface area contributed by atoms with Gasteiger partial charge in [-0.25, -0.2) is 0 Å². The van der Waals surface area contributed by atoms with Crippen LogP contribution in [-0.2, 0) is 28.6 Å². The molecular formula is C66H110O6. The molecule has 0 heterocycles. The van der Waals surface area contributed by atoms with Gasteiger partial charge in [0.05, 0.1) is 0 Å². The lowest BCUT2D eigenvalue weighted by molar-refractivity contribution is -0.166. The topological polar surface area (TPSA) is 78.9 Å². The zero-order valence-electron chi connectivity index (χ0n) is 46.9. The van der Waals surface area contributed by atoms with E-state index in [1.807, 2.05) is 6.08 Å². The lowest BCUT2D eigenvalue weighted by Gasteiger charge is -2.18. The van der Waals surface area contributed by atoms with Crippen molar-refractivity contribution in [3.8, 4) is 0 Å². The largest absolute Gasteiger partial charge is 0.462 e. The summed E-state index contributed by atoms with van der Waals surface area (Å²) < 4.78 is 16.8. The molecular weight excluding hydrogens is 889 g/mol. The van der Waals surface area contributed by atoms with Crippen LogP contribution in [0.5, 0.6) is 0 Å². The number of hydrogen-bond donors (Lipinski definition) is 0. The van der Waals surface area contributed by atoms with E-state index in [4.69, 9.17) is 14.2 Å². The van der Waals surface area contributed by atoms with Gasteiger partial charge in [0.25, 0.3) is 0 Å². The molecule has 0 aromatic heterocycles. The Labute approximate surface area is 444 Å². The molecule has 0 aliphatic heterocycles. The minimum absolute atomic E-state index is 0.118. The molecule has 1 unspecified atom stereocenters. The summed E-state index contributed by atoms with van der Waals surface area (Å²) >= 11 is 0. The van der Waals surface area contributed by atoms with Crippen molar-refractivity contribution in [2.24, 2.45) is 0 Å². The lowest BCUT2D eigenvalue weighted by atomic mass is 10.1. The second-order valence-electron chi connectivity index (χ2n) is 19.5. The molecule has 1 atom stereocenters. The quantitative estimate of drug-likeness (QED) is 0.0199. The average Bonchev–Trinajstić information content (AvgIpc) is 3.38. The van der Waals surface area contributed by atoms with E-state index in [0.717, 1.165) is 89.9 Å². The van der Waals surface area contributed by atoms with Crippen LogP contribution in [0.1, 0.15) is 271 Å². The van der Waals surface area contributed by atoms with Gasteiger partial charge in [0.15, 0.2) is 6.10 Å². The molecule has 0 aliphatic carbocycles. The first-order chi connectivity index (χ1) is 35.5. The highest BCUT2D eigenvalue weighted by Gasteiger charge is 2.19. The summed E-state index contributed by atoms with van der Waals surface area (Å²) in [6.45, 7) is 6.44. The predicted molar refractivity (Wildman–Crippen MR) is 311 cm³/mol. The number of allylic oxidation sites excluding steroid dienone is 18. The molecule has 0 aliphatic rings. The summed E-state index contributed by atoms with van der Waals surface area (Å²) in [6, 6.07) is 0. The van der Waals surface area contributed by atoms with Crippen molar-refractivity contribution in [2.45, 2.75) is 277 Å². The standard InChI is InChI=1S/C66H110O6/c1-4-7-10-13-16-19-22-25-28-31-33-35-38-41-44-47-50-53-56-59-65(68)71-62-63(61-70-64(67)58-55-52-49-46-43-40-37-30-27-24-21-18-15-12-9-6-3)72-66(69)60-57-54-51-48-45-42-39-36-34-32-29-26-23-20-17-14-11-8-5-2/h7,10,16,19,25,28,30,32-35,37,40-41,43-44,50,53,63H,4-6,8-9,11-15,17-18,20-24,26-27,29,31,36,38-39,42,45-49,51-52,54-62H2,1-3H3/b10-7-,19-16-,28-25-,34-32-,35-33-,37-30-,43-40-,44-41-,53-50-. The zero-order chi connectivity index (χ0) is 52.2. The Kier molecular flexibility index (Phi) is 56.4. The smallest absolute Gasteiger partial charge is 0.306 e. The van der Waals surface area contributed by atoms with Crippen molar-refractivity contribution in [1.82, 2.24) is 0 Å². The molecule has 6 heteroatoms. The van der Waals surface area contributed by atoms with Gasteiger partial charge in [-0.05, 0) is 109 Å². The van der Waals surface area contributed by atoms with E-state index in [9.17, 15) is 14.4 Å². The number of hydrogen-bond acceptors (Lipinski definition) is 6. The fourth-order valence-electron chi connectivity index (χ4n) is 8.04. The van der Waals surface area contributed by atoms with Crippen molar-refractivity contribution in [3.05, 3.63) is 109 Å². The van der Waals surface area contributed by atoms with Gasteiger partial charge in [0, 0.05) is 19.3 Å². The molecule has 72 heavy (non-hydrogen) atoms. The van der Waals surface area contributed by atoms with Crippen molar-refractivity contribution in [1.29, 1.82) is 0 Å². The minimum Gasteiger partial charge on any atom is -0.462 e. The summed E-state index contributed by atoms with van der Waals surface area (Å²) in [6.07, 6.45) is 81.0. The third kappa shape index (κ3) is 57.0. The second-order valence-corrected chi connectivity index (χ2v) is 19.5. The van der Waals surface area contributed by atoms with Gasteiger partial charge < -0.3 is 14.2 Å². The SMILES string of the molecule is CC/C=C\C/C=C\C/C=C\C/C=C\C/C=C\C/C=C\CCC(=O)OCC(COC(=O)CCCCC/C=C\C=C/CCCCCCCCC)OC(=O)CCCCCCCCC/C=C\CCCCCCCCCC. The molecule has 0 N–H and O–H groups in total. The molecule has 0 aromatic rings. The van der Waals surface area contributed by atoms with Crippen LogP contribution in [0.3, 0.4) is 0 Å². The molecule has 0 aromatic carbocycles. The number of unbranched alkanes of at least 4 members (excludes halogenated alkanes) is 25. The minimum atomic E-state index is -0.824. The molecule has 0 fully saturated rings. The van der Waals surface area contributed by atoms with Crippen molar-refractivity contribution in [3.63, 3.8) is 0 Å². The van der Waals surface area contributed by atoms with Crippen LogP contribution in [0.15, 0.2) is 109 Å². The Morgan fingerprint density at radius 1 is 0.306 bits per heavy atom. The van der Waals surface area contributed by atoms with E-state index in [1.54, 1.807) is 0 Å². The first-order valence-corrected chi connectivity index (χ1v) is 29.9. The first-order valence-electron chi connectivity index (χ1n) is 29.9. The van der Waals surface area contributed by atoms with E-state index in [1.165, 1.54) is 135 Å². The van der Waals surface area contributed by atoms with Crippen LogP contribution < -0.4 is 0 Å².